The molecule has 1 fully saturated rings. The molecular formula is C21H23FN4O. The molecule has 2 heterocycles. The maximum atomic E-state index is 13.8. The van der Waals surface area contributed by atoms with Crippen molar-refractivity contribution in [3.8, 4) is 11.4 Å². The van der Waals surface area contributed by atoms with Gasteiger partial charge in [0.1, 0.15) is 5.82 Å². The summed E-state index contributed by atoms with van der Waals surface area (Å²) in [6.07, 6.45) is 1.06. The Bertz CT molecular complexity index is 912. The third kappa shape index (κ3) is 3.85. The van der Waals surface area contributed by atoms with Gasteiger partial charge in [-0.3, -0.25) is 4.90 Å². The van der Waals surface area contributed by atoms with Crippen LogP contribution >= 0.6 is 0 Å². The van der Waals surface area contributed by atoms with Gasteiger partial charge in [0, 0.05) is 30.4 Å². The topological polar surface area (TPSA) is 54.2 Å². The molecule has 0 radical (unpaired) electrons. The summed E-state index contributed by atoms with van der Waals surface area (Å²) in [7, 11) is 0. The quantitative estimate of drug-likeness (QED) is 0.724. The molecule has 0 bridgehead atoms. The van der Waals surface area contributed by atoms with Crippen molar-refractivity contribution >= 4 is 5.69 Å². The molecule has 0 saturated carbocycles. The number of halogens is 1. The number of hydrogen-bond donors (Lipinski definition) is 1. The Kier molecular flexibility index (Phi) is 4.90. The van der Waals surface area contributed by atoms with E-state index in [1.165, 1.54) is 6.07 Å². The SMILES string of the molecule is Cc1ccc(-c2noc([C@@H](C)N3CC[C@H](Nc4ccccc4)C3)n2)cc1F. The summed E-state index contributed by atoms with van der Waals surface area (Å²) in [5.74, 6) is 0.724. The van der Waals surface area contributed by atoms with Gasteiger partial charge in [-0.2, -0.15) is 4.98 Å². The van der Waals surface area contributed by atoms with E-state index in [9.17, 15) is 4.39 Å². The number of anilines is 1. The number of nitrogens with zero attached hydrogens (tertiary/aromatic N) is 3. The minimum atomic E-state index is -0.263. The van der Waals surface area contributed by atoms with E-state index in [1.54, 1.807) is 13.0 Å². The molecule has 5 nitrogen and oxygen atoms in total. The van der Waals surface area contributed by atoms with Crippen molar-refractivity contribution in [3.05, 3.63) is 65.8 Å². The fourth-order valence-corrected chi connectivity index (χ4v) is 3.44. The van der Waals surface area contributed by atoms with E-state index in [0.29, 0.717) is 28.9 Å². The Labute approximate surface area is 158 Å². The molecule has 0 aliphatic carbocycles. The molecule has 6 heteroatoms. The Morgan fingerprint density at radius 1 is 1.22 bits per heavy atom. The van der Waals surface area contributed by atoms with Crippen LogP contribution in [0.1, 0.15) is 30.8 Å². The van der Waals surface area contributed by atoms with Gasteiger partial charge in [-0.25, -0.2) is 4.39 Å². The lowest BCUT2D eigenvalue weighted by Gasteiger charge is -2.21. The number of likely N-dealkylation sites (tertiary alicyclic amines) is 1. The van der Waals surface area contributed by atoms with Crippen molar-refractivity contribution in [2.45, 2.75) is 32.4 Å². The van der Waals surface area contributed by atoms with Gasteiger partial charge >= 0.3 is 0 Å². The van der Waals surface area contributed by atoms with Crippen LogP contribution in [0, 0.1) is 12.7 Å². The lowest BCUT2D eigenvalue weighted by Crippen LogP contribution is -2.28. The number of aromatic nitrogens is 2. The molecule has 1 saturated heterocycles. The molecule has 0 unspecified atom stereocenters. The molecular weight excluding hydrogens is 343 g/mol. The number of benzene rings is 2. The normalized spacial score (nSPS) is 18.6. The van der Waals surface area contributed by atoms with Crippen molar-refractivity contribution in [2.75, 3.05) is 18.4 Å². The first-order valence-electron chi connectivity index (χ1n) is 9.26. The van der Waals surface area contributed by atoms with Crippen LogP contribution in [-0.4, -0.2) is 34.2 Å². The second-order valence-corrected chi connectivity index (χ2v) is 7.09. The first kappa shape index (κ1) is 17.7. The zero-order valence-corrected chi connectivity index (χ0v) is 15.5. The van der Waals surface area contributed by atoms with Gasteiger partial charge in [0.05, 0.1) is 6.04 Å². The molecule has 1 aliphatic rings. The first-order chi connectivity index (χ1) is 13.1. The number of aryl methyl sites for hydroxylation is 1. The van der Waals surface area contributed by atoms with E-state index in [2.05, 4.69) is 39.4 Å². The monoisotopic (exact) mass is 366 g/mol. The van der Waals surface area contributed by atoms with Crippen LogP contribution < -0.4 is 5.32 Å². The van der Waals surface area contributed by atoms with Gasteiger partial charge in [0.25, 0.3) is 0 Å². The van der Waals surface area contributed by atoms with E-state index in [0.717, 1.165) is 25.2 Å². The highest BCUT2D eigenvalue weighted by molar-refractivity contribution is 5.55. The number of hydrogen-bond acceptors (Lipinski definition) is 5. The predicted octanol–water partition coefficient (Wildman–Crippen LogP) is 4.43. The lowest BCUT2D eigenvalue weighted by atomic mass is 10.1. The molecule has 3 aromatic rings. The molecule has 1 N–H and O–H groups in total. The van der Waals surface area contributed by atoms with Crippen molar-refractivity contribution in [1.29, 1.82) is 0 Å². The highest BCUT2D eigenvalue weighted by Gasteiger charge is 2.29. The van der Waals surface area contributed by atoms with Crippen LogP contribution in [0.4, 0.5) is 10.1 Å². The minimum absolute atomic E-state index is 0.0177. The average molecular weight is 366 g/mol. The lowest BCUT2D eigenvalue weighted by molar-refractivity contribution is 0.208. The van der Waals surface area contributed by atoms with Crippen LogP contribution in [-0.2, 0) is 0 Å². The highest BCUT2D eigenvalue weighted by Crippen LogP contribution is 2.27. The zero-order chi connectivity index (χ0) is 18.8. The summed E-state index contributed by atoms with van der Waals surface area (Å²) in [5, 5.41) is 7.61. The largest absolute Gasteiger partial charge is 0.381 e. The number of rotatable bonds is 5. The van der Waals surface area contributed by atoms with Crippen LogP contribution in [0.3, 0.4) is 0 Å². The third-order valence-electron chi connectivity index (χ3n) is 5.14. The predicted molar refractivity (Wildman–Crippen MR) is 103 cm³/mol. The summed E-state index contributed by atoms with van der Waals surface area (Å²) in [5.41, 5.74) is 2.37. The van der Waals surface area contributed by atoms with Crippen molar-refractivity contribution in [3.63, 3.8) is 0 Å². The van der Waals surface area contributed by atoms with Crippen LogP contribution in [0.25, 0.3) is 11.4 Å². The second kappa shape index (κ2) is 7.48. The standard InChI is InChI=1S/C21H23FN4O/c1-14-8-9-16(12-19(14)22)20-24-21(27-25-20)15(2)26-11-10-18(13-26)23-17-6-4-3-5-7-17/h3-9,12,15,18,23H,10-11,13H2,1-2H3/t15-,18+/m1/s1. The summed E-state index contributed by atoms with van der Waals surface area (Å²) in [4.78, 5) is 6.83. The maximum Gasteiger partial charge on any atom is 0.244 e. The molecule has 0 spiro atoms. The summed E-state index contributed by atoms with van der Waals surface area (Å²) in [6.45, 7) is 5.67. The second-order valence-electron chi connectivity index (χ2n) is 7.09. The van der Waals surface area contributed by atoms with E-state index in [4.69, 9.17) is 4.52 Å². The third-order valence-corrected chi connectivity index (χ3v) is 5.14. The highest BCUT2D eigenvalue weighted by atomic mass is 19.1. The molecule has 4 rings (SSSR count). The van der Waals surface area contributed by atoms with Gasteiger partial charge in [-0.1, -0.05) is 35.5 Å². The smallest absolute Gasteiger partial charge is 0.244 e. The molecule has 0 amide bonds. The van der Waals surface area contributed by atoms with Crippen LogP contribution in [0.2, 0.25) is 0 Å². The Hall–Kier alpha value is -2.73. The van der Waals surface area contributed by atoms with Gasteiger partial charge in [-0.15, -0.1) is 0 Å². The molecule has 140 valence electrons. The number of para-hydroxylation sites is 1. The van der Waals surface area contributed by atoms with Crippen molar-refractivity contribution in [2.24, 2.45) is 0 Å². The van der Waals surface area contributed by atoms with E-state index < -0.39 is 0 Å². The maximum absolute atomic E-state index is 13.8. The average Bonchev–Trinajstić information content (AvgIpc) is 3.34. The summed E-state index contributed by atoms with van der Waals surface area (Å²) < 4.78 is 19.3. The van der Waals surface area contributed by atoms with Gasteiger partial charge < -0.3 is 9.84 Å². The van der Waals surface area contributed by atoms with E-state index >= 15 is 0 Å². The number of nitrogens with one attached hydrogen (secondary N) is 1. The molecule has 1 aliphatic heterocycles. The van der Waals surface area contributed by atoms with Crippen molar-refractivity contribution in [1.82, 2.24) is 15.0 Å². The van der Waals surface area contributed by atoms with Gasteiger partial charge in [-0.05, 0) is 44.0 Å². The fourth-order valence-electron chi connectivity index (χ4n) is 3.44. The van der Waals surface area contributed by atoms with E-state index in [1.807, 2.05) is 24.3 Å². The van der Waals surface area contributed by atoms with E-state index in [-0.39, 0.29) is 11.9 Å². The zero-order valence-electron chi connectivity index (χ0n) is 15.5. The first-order valence-corrected chi connectivity index (χ1v) is 9.26. The fraction of sp³-hybridized carbons (Fsp3) is 0.333. The Morgan fingerprint density at radius 2 is 2.04 bits per heavy atom. The Balaban J connectivity index is 1.42. The van der Waals surface area contributed by atoms with Crippen LogP contribution in [0.5, 0.6) is 0 Å². The molecule has 27 heavy (non-hydrogen) atoms. The summed E-state index contributed by atoms with van der Waals surface area (Å²) in [6, 6.07) is 15.6. The van der Waals surface area contributed by atoms with Crippen molar-refractivity contribution < 1.29 is 8.91 Å². The summed E-state index contributed by atoms with van der Waals surface area (Å²) >= 11 is 0. The minimum Gasteiger partial charge on any atom is -0.381 e. The molecule has 1 aromatic heterocycles. The molecule has 2 aromatic carbocycles. The van der Waals surface area contributed by atoms with Crippen LogP contribution in [0.15, 0.2) is 53.1 Å². The molecule has 2 atom stereocenters. The van der Waals surface area contributed by atoms with Gasteiger partial charge in [0.15, 0.2) is 0 Å². The van der Waals surface area contributed by atoms with Gasteiger partial charge in [0.2, 0.25) is 11.7 Å². The Morgan fingerprint density at radius 3 is 2.81 bits per heavy atom.